The minimum atomic E-state index is 0.0178. The second-order valence-corrected chi connectivity index (χ2v) is 7.90. The van der Waals surface area contributed by atoms with Crippen molar-refractivity contribution in [2.45, 2.75) is 44.6 Å². The van der Waals surface area contributed by atoms with Gasteiger partial charge in [-0.25, -0.2) is 0 Å². The highest BCUT2D eigenvalue weighted by atomic mass is 16.1. The summed E-state index contributed by atoms with van der Waals surface area (Å²) in [5.41, 5.74) is 2.99. The van der Waals surface area contributed by atoms with Gasteiger partial charge in [-0.3, -0.25) is 9.78 Å². The van der Waals surface area contributed by atoms with Gasteiger partial charge in [0.25, 0.3) is 5.91 Å². The molecule has 1 aliphatic carbocycles. The number of aromatic nitrogens is 1. The molecular formula is C23H30N4O. The Balaban J connectivity index is 1.36. The summed E-state index contributed by atoms with van der Waals surface area (Å²) >= 11 is 0. The number of anilines is 2. The van der Waals surface area contributed by atoms with E-state index in [1.165, 1.54) is 31.4 Å². The molecule has 1 aromatic carbocycles. The summed E-state index contributed by atoms with van der Waals surface area (Å²) in [7, 11) is 0. The van der Waals surface area contributed by atoms with E-state index in [9.17, 15) is 4.79 Å². The van der Waals surface area contributed by atoms with E-state index in [2.05, 4.69) is 50.4 Å². The van der Waals surface area contributed by atoms with Crippen LogP contribution in [-0.4, -0.2) is 43.1 Å². The number of rotatable bonds is 4. The lowest BCUT2D eigenvalue weighted by Gasteiger charge is -2.37. The second-order valence-electron chi connectivity index (χ2n) is 7.90. The Morgan fingerprint density at radius 1 is 0.857 bits per heavy atom. The van der Waals surface area contributed by atoms with Crippen LogP contribution in [0.5, 0.6) is 0 Å². The highest BCUT2D eigenvalue weighted by Gasteiger charge is 2.20. The highest BCUT2D eigenvalue weighted by Crippen LogP contribution is 2.21. The van der Waals surface area contributed by atoms with Crippen molar-refractivity contribution < 1.29 is 4.79 Å². The number of piperazine rings is 1. The lowest BCUT2D eigenvalue weighted by molar-refractivity contribution is 0.0933. The molecule has 1 amide bonds. The smallest absolute Gasteiger partial charge is 0.253 e. The summed E-state index contributed by atoms with van der Waals surface area (Å²) in [4.78, 5) is 21.8. The fraction of sp³-hybridized carbons (Fsp3) is 0.478. The molecule has 4 rings (SSSR count). The van der Waals surface area contributed by atoms with Crippen LogP contribution in [0.15, 0.2) is 48.8 Å². The van der Waals surface area contributed by atoms with Crippen LogP contribution in [0, 0.1) is 0 Å². The van der Waals surface area contributed by atoms with Gasteiger partial charge in [0.1, 0.15) is 0 Å². The number of carbonyl (C=O) groups excluding carboxylic acids is 1. The fourth-order valence-electron chi connectivity index (χ4n) is 4.28. The number of pyridine rings is 1. The van der Waals surface area contributed by atoms with Gasteiger partial charge in [0.15, 0.2) is 0 Å². The first-order valence-corrected chi connectivity index (χ1v) is 10.6. The molecule has 148 valence electrons. The van der Waals surface area contributed by atoms with E-state index in [1.54, 1.807) is 6.20 Å². The molecule has 2 aliphatic rings. The number of amides is 1. The molecule has 1 aliphatic heterocycles. The van der Waals surface area contributed by atoms with Crippen LogP contribution >= 0.6 is 0 Å². The van der Waals surface area contributed by atoms with Crippen molar-refractivity contribution in [3.8, 4) is 0 Å². The molecule has 1 saturated carbocycles. The molecule has 0 atom stereocenters. The van der Waals surface area contributed by atoms with Gasteiger partial charge < -0.3 is 15.1 Å². The van der Waals surface area contributed by atoms with Gasteiger partial charge in [-0.2, -0.15) is 0 Å². The summed E-state index contributed by atoms with van der Waals surface area (Å²) in [5, 5.41) is 3.23. The molecule has 0 radical (unpaired) electrons. The standard InChI is InChI=1S/C23H30N4O/c28-23(25-20-8-4-1-2-5-9-20)19-16-22(18-24-17-19)27-14-12-26(13-15-27)21-10-6-3-7-11-21/h3,6-7,10-11,16-18,20H,1-2,4-5,8-9,12-15H2,(H,25,28). The summed E-state index contributed by atoms with van der Waals surface area (Å²) in [6.45, 7) is 3.82. The number of nitrogens with zero attached hydrogens (tertiary/aromatic N) is 3. The van der Waals surface area contributed by atoms with Gasteiger partial charge in [-0.05, 0) is 31.0 Å². The van der Waals surface area contributed by atoms with Crippen molar-refractivity contribution in [1.29, 1.82) is 0 Å². The third kappa shape index (κ3) is 4.64. The topological polar surface area (TPSA) is 48.5 Å². The van der Waals surface area contributed by atoms with Crippen molar-refractivity contribution in [2.75, 3.05) is 36.0 Å². The molecule has 2 fully saturated rings. The summed E-state index contributed by atoms with van der Waals surface area (Å²) in [6, 6.07) is 12.9. The highest BCUT2D eigenvalue weighted by molar-refractivity contribution is 5.95. The summed E-state index contributed by atoms with van der Waals surface area (Å²) in [5.74, 6) is 0.0178. The Morgan fingerprint density at radius 3 is 2.18 bits per heavy atom. The molecule has 1 N–H and O–H groups in total. The number of hydrogen-bond donors (Lipinski definition) is 1. The van der Waals surface area contributed by atoms with Gasteiger partial charge in [0.05, 0.1) is 17.4 Å². The van der Waals surface area contributed by atoms with Crippen LogP contribution in [0.2, 0.25) is 0 Å². The summed E-state index contributed by atoms with van der Waals surface area (Å²) < 4.78 is 0. The van der Waals surface area contributed by atoms with E-state index in [1.807, 2.05) is 12.3 Å². The predicted molar refractivity (Wildman–Crippen MR) is 114 cm³/mol. The molecule has 0 bridgehead atoms. The molecule has 2 aromatic rings. The maximum Gasteiger partial charge on any atom is 0.253 e. The first kappa shape index (κ1) is 18.8. The molecule has 1 aromatic heterocycles. The number of hydrogen-bond acceptors (Lipinski definition) is 4. The van der Waals surface area contributed by atoms with Gasteiger partial charge in [0.2, 0.25) is 0 Å². The van der Waals surface area contributed by atoms with Gasteiger partial charge in [-0.1, -0.05) is 43.9 Å². The van der Waals surface area contributed by atoms with E-state index in [-0.39, 0.29) is 5.91 Å². The third-order valence-electron chi connectivity index (χ3n) is 5.94. The third-order valence-corrected chi connectivity index (χ3v) is 5.94. The van der Waals surface area contributed by atoms with Crippen LogP contribution in [0.4, 0.5) is 11.4 Å². The molecule has 0 unspecified atom stereocenters. The van der Waals surface area contributed by atoms with Crippen molar-refractivity contribution in [3.05, 3.63) is 54.4 Å². The molecular weight excluding hydrogens is 348 g/mol. The number of nitrogens with one attached hydrogen (secondary N) is 1. The van der Waals surface area contributed by atoms with Gasteiger partial charge >= 0.3 is 0 Å². The van der Waals surface area contributed by atoms with E-state index in [0.717, 1.165) is 44.7 Å². The molecule has 28 heavy (non-hydrogen) atoms. The number of benzene rings is 1. The lowest BCUT2D eigenvalue weighted by Crippen LogP contribution is -2.46. The molecule has 2 heterocycles. The molecule has 5 heteroatoms. The maximum absolute atomic E-state index is 12.7. The predicted octanol–water partition coefficient (Wildman–Crippen LogP) is 3.86. The Hall–Kier alpha value is -2.56. The second kappa shape index (κ2) is 9.09. The van der Waals surface area contributed by atoms with E-state index < -0.39 is 0 Å². The Kier molecular flexibility index (Phi) is 6.10. The Bertz CT molecular complexity index is 763. The minimum absolute atomic E-state index is 0.0178. The SMILES string of the molecule is O=C(NC1CCCCCC1)c1cncc(N2CCN(c3ccccc3)CC2)c1. The normalized spacial score (nSPS) is 18.6. The fourth-order valence-corrected chi connectivity index (χ4v) is 4.28. The maximum atomic E-state index is 12.7. The van der Waals surface area contributed by atoms with Crippen LogP contribution in [0.1, 0.15) is 48.9 Å². The number of para-hydroxylation sites is 1. The zero-order chi connectivity index (χ0) is 19.2. The first-order chi connectivity index (χ1) is 13.8. The molecule has 5 nitrogen and oxygen atoms in total. The van der Waals surface area contributed by atoms with Crippen molar-refractivity contribution in [2.24, 2.45) is 0 Å². The van der Waals surface area contributed by atoms with Gasteiger partial charge in [0, 0.05) is 44.1 Å². The number of carbonyl (C=O) groups is 1. The summed E-state index contributed by atoms with van der Waals surface area (Å²) in [6.07, 6.45) is 10.8. The van der Waals surface area contributed by atoms with Crippen molar-refractivity contribution in [1.82, 2.24) is 10.3 Å². The van der Waals surface area contributed by atoms with Crippen LogP contribution in [0.25, 0.3) is 0 Å². The lowest BCUT2D eigenvalue weighted by atomic mass is 10.1. The largest absolute Gasteiger partial charge is 0.368 e. The van der Waals surface area contributed by atoms with Crippen LogP contribution < -0.4 is 15.1 Å². The van der Waals surface area contributed by atoms with Crippen molar-refractivity contribution in [3.63, 3.8) is 0 Å². The molecule has 0 spiro atoms. The van der Waals surface area contributed by atoms with Gasteiger partial charge in [-0.15, -0.1) is 0 Å². The minimum Gasteiger partial charge on any atom is -0.368 e. The zero-order valence-electron chi connectivity index (χ0n) is 16.5. The van der Waals surface area contributed by atoms with Crippen LogP contribution in [-0.2, 0) is 0 Å². The average molecular weight is 379 g/mol. The zero-order valence-corrected chi connectivity index (χ0v) is 16.5. The Labute approximate surface area is 167 Å². The monoisotopic (exact) mass is 378 g/mol. The van der Waals surface area contributed by atoms with E-state index >= 15 is 0 Å². The van der Waals surface area contributed by atoms with Crippen LogP contribution in [0.3, 0.4) is 0 Å². The van der Waals surface area contributed by atoms with E-state index in [0.29, 0.717) is 11.6 Å². The molecule has 1 saturated heterocycles. The quantitative estimate of drug-likeness (QED) is 0.821. The van der Waals surface area contributed by atoms with E-state index in [4.69, 9.17) is 0 Å². The first-order valence-electron chi connectivity index (χ1n) is 10.6. The average Bonchev–Trinajstić information content (AvgIpc) is 3.03. The van der Waals surface area contributed by atoms with Crippen molar-refractivity contribution >= 4 is 17.3 Å². The Morgan fingerprint density at radius 2 is 1.50 bits per heavy atom.